The maximum absolute atomic E-state index is 2.31. The highest BCUT2D eigenvalue weighted by atomic mass is 14.0. The van der Waals surface area contributed by atoms with Gasteiger partial charge in [0.2, 0.25) is 0 Å². The van der Waals surface area contributed by atoms with Gasteiger partial charge in [0.1, 0.15) is 0 Å². The fraction of sp³-hybridized carbons (Fsp3) is 0.818. The van der Waals surface area contributed by atoms with Crippen LogP contribution in [0.4, 0.5) is 0 Å². The molecule has 0 bridgehead atoms. The van der Waals surface area contributed by atoms with Crippen molar-refractivity contribution in [2.45, 2.75) is 52.9 Å². The largest absolute Gasteiger partial charge is 0.0888 e. The van der Waals surface area contributed by atoms with Gasteiger partial charge in [0, 0.05) is 0 Å². The van der Waals surface area contributed by atoms with Crippen LogP contribution in [-0.4, -0.2) is 0 Å². The van der Waals surface area contributed by atoms with Gasteiger partial charge in [0.05, 0.1) is 0 Å². The zero-order chi connectivity index (χ0) is 8.53. The third-order valence-electron chi connectivity index (χ3n) is 1.80. The summed E-state index contributed by atoms with van der Waals surface area (Å²) < 4.78 is 0. The second kappa shape index (κ2) is 7.84. The molecule has 0 spiro atoms. The van der Waals surface area contributed by atoms with Gasteiger partial charge < -0.3 is 0 Å². The smallest absolute Gasteiger partial charge is 0.0351 e. The van der Waals surface area contributed by atoms with E-state index >= 15 is 0 Å². The summed E-state index contributed by atoms with van der Waals surface area (Å²) in [7, 11) is 0. The van der Waals surface area contributed by atoms with Crippen LogP contribution in [0.1, 0.15) is 52.9 Å². The summed E-state index contributed by atoms with van der Waals surface area (Å²) in [4.78, 5) is 0. The van der Waals surface area contributed by atoms with E-state index in [1.165, 1.54) is 32.1 Å². The van der Waals surface area contributed by atoms with Crippen LogP contribution in [0.5, 0.6) is 0 Å². The Balaban J connectivity index is 2.96. The van der Waals surface area contributed by atoms with Gasteiger partial charge in [-0.2, -0.15) is 0 Å². The first-order valence-electron chi connectivity index (χ1n) is 4.92. The van der Waals surface area contributed by atoms with Crippen molar-refractivity contribution in [1.82, 2.24) is 0 Å². The molecule has 0 N–H and O–H groups in total. The first-order valence-corrected chi connectivity index (χ1v) is 4.92. The maximum atomic E-state index is 2.31. The first kappa shape index (κ1) is 10.7. The minimum Gasteiger partial charge on any atom is -0.0888 e. The number of unbranched alkanes of at least 4 members (excludes halogenated alkanes) is 2. The van der Waals surface area contributed by atoms with Crippen molar-refractivity contribution in [2.75, 3.05) is 0 Å². The molecular formula is C11H22. The van der Waals surface area contributed by atoms with E-state index in [1.54, 1.807) is 0 Å². The van der Waals surface area contributed by atoms with Gasteiger partial charge in [-0.15, -0.1) is 0 Å². The monoisotopic (exact) mass is 154 g/mol. The molecule has 0 nitrogen and oxygen atoms in total. The zero-order valence-corrected chi connectivity index (χ0v) is 8.27. The number of allylic oxidation sites excluding steroid dienone is 2. The summed E-state index contributed by atoms with van der Waals surface area (Å²) in [6.07, 6.45) is 11.2. The Kier molecular flexibility index (Phi) is 7.66. The normalized spacial score (nSPS) is 11.6. The molecule has 0 aliphatic heterocycles. The quantitative estimate of drug-likeness (QED) is 0.398. The predicted octanol–water partition coefficient (Wildman–Crippen LogP) is 4.17. The van der Waals surface area contributed by atoms with Crippen LogP contribution in [0.2, 0.25) is 0 Å². The van der Waals surface area contributed by atoms with Gasteiger partial charge in [0.25, 0.3) is 0 Å². The van der Waals surface area contributed by atoms with Crippen LogP contribution in [-0.2, 0) is 0 Å². The Labute approximate surface area is 71.7 Å². The Morgan fingerprint density at radius 1 is 1.09 bits per heavy atom. The predicted molar refractivity (Wildman–Crippen MR) is 52.7 cm³/mol. The molecule has 0 aromatic rings. The maximum Gasteiger partial charge on any atom is -0.0351 e. The molecule has 0 saturated heterocycles. The molecule has 0 heteroatoms. The summed E-state index contributed by atoms with van der Waals surface area (Å²) in [5.41, 5.74) is 0. The fourth-order valence-corrected chi connectivity index (χ4v) is 1.10. The molecular weight excluding hydrogens is 132 g/mol. The van der Waals surface area contributed by atoms with Crippen LogP contribution in [0.15, 0.2) is 12.2 Å². The summed E-state index contributed by atoms with van der Waals surface area (Å²) >= 11 is 0. The number of hydrogen-bond donors (Lipinski definition) is 0. The Morgan fingerprint density at radius 2 is 1.82 bits per heavy atom. The van der Waals surface area contributed by atoms with E-state index in [2.05, 4.69) is 32.9 Å². The van der Waals surface area contributed by atoms with Crippen LogP contribution in [0.25, 0.3) is 0 Å². The standard InChI is InChI=1S/C11H22/c1-4-5-6-7-8-9-10-11(2)3/h5-6,11H,4,7-10H2,1-3H3/b6-5-. The van der Waals surface area contributed by atoms with Crippen LogP contribution >= 0.6 is 0 Å². The molecule has 0 aromatic heterocycles. The van der Waals surface area contributed by atoms with Crippen LogP contribution < -0.4 is 0 Å². The molecule has 0 amide bonds. The first-order chi connectivity index (χ1) is 5.27. The lowest BCUT2D eigenvalue weighted by Gasteiger charge is -2.01. The average Bonchev–Trinajstić information content (AvgIpc) is 1.96. The van der Waals surface area contributed by atoms with Gasteiger partial charge in [0.15, 0.2) is 0 Å². The molecule has 0 saturated carbocycles. The van der Waals surface area contributed by atoms with Gasteiger partial charge in [-0.1, -0.05) is 45.8 Å². The molecule has 0 heterocycles. The third kappa shape index (κ3) is 9.74. The lowest BCUT2D eigenvalue weighted by atomic mass is 10.1. The van der Waals surface area contributed by atoms with Gasteiger partial charge in [-0.25, -0.2) is 0 Å². The van der Waals surface area contributed by atoms with Crippen molar-refractivity contribution in [2.24, 2.45) is 5.92 Å². The number of hydrogen-bond acceptors (Lipinski definition) is 0. The summed E-state index contributed by atoms with van der Waals surface area (Å²) in [5.74, 6) is 0.880. The van der Waals surface area contributed by atoms with E-state index in [9.17, 15) is 0 Å². The van der Waals surface area contributed by atoms with Gasteiger partial charge in [-0.05, 0) is 25.2 Å². The SMILES string of the molecule is CC/C=C\CCCCC(C)C. The van der Waals surface area contributed by atoms with Crippen molar-refractivity contribution in [3.8, 4) is 0 Å². The van der Waals surface area contributed by atoms with Crippen molar-refractivity contribution in [3.63, 3.8) is 0 Å². The van der Waals surface area contributed by atoms with Crippen LogP contribution in [0, 0.1) is 5.92 Å². The van der Waals surface area contributed by atoms with Gasteiger partial charge >= 0.3 is 0 Å². The van der Waals surface area contributed by atoms with Crippen LogP contribution in [0.3, 0.4) is 0 Å². The molecule has 0 aliphatic rings. The highest BCUT2D eigenvalue weighted by molar-refractivity contribution is 4.79. The van der Waals surface area contributed by atoms with E-state index in [0.717, 1.165) is 5.92 Å². The average molecular weight is 154 g/mol. The van der Waals surface area contributed by atoms with E-state index in [1.807, 2.05) is 0 Å². The Morgan fingerprint density at radius 3 is 2.36 bits per heavy atom. The summed E-state index contributed by atoms with van der Waals surface area (Å²) in [5, 5.41) is 0. The van der Waals surface area contributed by atoms with Crippen molar-refractivity contribution < 1.29 is 0 Å². The van der Waals surface area contributed by atoms with Gasteiger partial charge in [-0.3, -0.25) is 0 Å². The Bertz CT molecular complexity index is 90.2. The summed E-state index contributed by atoms with van der Waals surface area (Å²) in [6, 6.07) is 0. The van der Waals surface area contributed by atoms with Crippen molar-refractivity contribution in [3.05, 3.63) is 12.2 Å². The molecule has 0 fully saturated rings. The molecule has 66 valence electrons. The summed E-state index contributed by atoms with van der Waals surface area (Å²) in [6.45, 7) is 6.77. The second-order valence-electron chi connectivity index (χ2n) is 3.56. The molecule has 0 aromatic carbocycles. The van der Waals surface area contributed by atoms with E-state index in [4.69, 9.17) is 0 Å². The lowest BCUT2D eigenvalue weighted by Crippen LogP contribution is -1.85. The van der Waals surface area contributed by atoms with E-state index in [0.29, 0.717) is 0 Å². The van der Waals surface area contributed by atoms with E-state index in [-0.39, 0.29) is 0 Å². The van der Waals surface area contributed by atoms with E-state index < -0.39 is 0 Å². The lowest BCUT2D eigenvalue weighted by molar-refractivity contribution is 0.540. The second-order valence-corrected chi connectivity index (χ2v) is 3.56. The number of rotatable bonds is 6. The minimum atomic E-state index is 0.880. The molecule has 0 unspecified atom stereocenters. The molecule has 0 aliphatic carbocycles. The Hall–Kier alpha value is -0.260. The molecule has 0 radical (unpaired) electrons. The molecule has 11 heavy (non-hydrogen) atoms. The fourth-order valence-electron chi connectivity index (χ4n) is 1.10. The van der Waals surface area contributed by atoms with Crippen molar-refractivity contribution >= 4 is 0 Å². The highest BCUT2D eigenvalue weighted by Crippen LogP contribution is 2.08. The molecule has 0 rings (SSSR count). The topological polar surface area (TPSA) is 0 Å². The minimum absolute atomic E-state index is 0.880. The zero-order valence-electron chi connectivity index (χ0n) is 8.27. The third-order valence-corrected chi connectivity index (χ3v) is 1.80. The molecule has 0 atom stereocenters. The van der Waals surface area contributed by atoms with Crippen molar-refractivity contribution in [1.29, 1.82) is 0 Å². The highest BCUT2D eigenvalue weighted by Gasteiger charge is 1.91.